The maximum atomic E-state index is 12.2. The number of piperazine rings is 1. The Bertz CT molecular complexity index is 859. The molecule has 27 heavy (non-hydrogen) atoms. The van der Waals surface area contributed by atoms with Crippen LogP contribution < -0.4 is 10.2 Å². The van der Waals surface area contributed by atoms with Gasteiger partial charge in [-0.3, -0.25) is 9.69 Å². The number of nitrogens with zero attached hydrogens (tertiary/aromatic N) is 4. The average Bonchev–Trinajstić information content (AvgIpc) is 2.69. The maximum Gasteiger partial charge on any atom is 0.225 e. The maximum absolute atomic E-state index is 12.2. The summed E-state index contributed by atoms with van der Waals surface area (Å²) in [7, 11) is 0. The van der Waals surface area contributed by atoms with Crippen LogP contribution >= 0.6 is 23.2 Å². The lowest BCUT2D eigenvalue weighted by molar-refractivity contribution is -0.116. The van der Waals surface area contributed by atoms with Crippen LogP contribution in [0.5, 0.6) is 0 Å². The summed E-state index contributed by atoms with van der Waals surface area (Å²) in [5.74, 6) is 0.729. The minimum Gasteiger partial charge on any atom is -0.354 e. The molecule has 1 saturated heterocycles. The van der Waals surface area contributed by atoms with E-state index in [2.05, 4.69) is 26.2 Å². The van der Waals surface area contributed by atoms with Gasteiger partial charge in [0.25, 0.3) is 0 Å². The van der Waals surface area contributed by atoms with Crippen molar-refractivity contribution in [2.75, 3.05) is 42.9 Å². The first kappa shape index (κ1) is 19.4. The highest BCUT2D eigenvalue weighted by atomic mass is 35.5. The number of anilines is 2. The number of carbonyl (C=O) groups is 1. The van der Waals surface area contributed by atoms with Crippen LogP contribution in [0.3, 0.4) is 0 Å². The van der Waals surface area contributed by atoms with Crippen molar-refractivity contribution >= 4 is 40.6 Å². The van der Waals surface area contributed by atoms with Crippen molar-refractivity contribution in [3.8, 4) is 6.07 Å². The van der Waals surface area contributed by atoms with E-state index >= 15 is 0 Å². The normalized spacial score (nSPS) is 14.6. The van der Waals surface area contributed by atoms with E-state index in [-0.39, 0.29) is 5.91 Å². The van der Waals surface area contributed by atoms with Gasteiger partial charge in [-0.25, -0.2) is 4.98 Å². The van der Waals surface area contributed by atoms with Crippen molar-refractivity contribution in [2.45, 2.75) is 6.42 Å². The predicted molar refractivity (Wildman–Crippen MR) is 107 cm³/mol. The molecule has 2 heterocycles. The highest BCUT2D eigenvalue weighted by Crippen LogP contribution is 2.25. The van der Waals surface area contributed by atoms with Crippen LogP contribution in [0.4, 0.5) is 11.5 Å². The number of rotatable bonds is 5. The van der Waals surface area contributed by atoms with E-state index in [1.165, 1.54) is 0 Å². The van der Waals surface area contributed by atoms with Crippen molar-refractivity contribution in [3.63, 3.8) is 0 Å². The lowest BCUT2D eigenvalue weighted by atomic mass is 10.2. The minimum atomic E-state index is -0.0926. The van der Waals surface area contributed by atoms with E-state index in [0.717, 1.165) is 32.0 Å². The molecule has 0 spiro atoms. The van der Waals surface area contributed by atoms with Gasteiger partial charge in [0.05, 0.1) is 22.3 Å². The molecule has 0 unspecified atom stereocenters. The number of benzene rings is 1. The Kier molecular flexibility index (Phi) is 6.51. The standard InChI is InChI=1S/C19H19Cl2N5O/c20-15-1-2-16(21)17(12-15)24-19(27)4-6-25-7-9-26(10-8-25)18-11-14(13-22)3-5-23-18/h1-3,5,11-12H,4,6-10H2,(H,24,27). The second-order valence-corrected chi connectivity index (χ2v) is 7.11. The van der Waals surface area contributed by atoms with Crippen LogP contribution in [0.1, 0.15) is 12.0 Å². The summed E-state index contributed by atoms with van der Waals surface area (Å²) in [5.41, 5.74) is 1.14. The number of pyridine rings is 1. The van der Waals surface area contributed by atoms with Crippen molar-refractivity contribution in [2.24, 2.45) is 0 Å². The molecular weight excluding hydrogens is 385 g/mol. The second kappa shape index (κ2) is 9.05. The van der Waals surface area contributed by atoms with Gasteiger partial charge < -0.3 is 10.2 Å². The lowest BCUT2D eigenvalue weighted by Gasteiger charge is -2.35. The fraction of sp³-hybridized carbons (Fsp3) is 0.316. The molecule has 1 amide bonds. The number of carbonyl (C=O) groups excluding carboxylic acids is 1. The van der Waals surface area contributed by atoms with Crippen LogP contribution in [0.25, 0.3) is 0 Å². The quantitative estimate of drug-likeness (QED) is 0.827. The number of aromatic nitrogens is 1. The first-order valence-electron chi connectivity index (χ1n) is 8.63. The lowest BCUT2D eigenvalue weighted by Crippen LogP contribution is -2.47. The predicted octanol–water partition coefficient (Wildman–Crippen LogP) is 3.41. The van der Waals surface area contributed by atoms with E-state index in [0.29, 0.717) is 34.3 Å². The monoisotopic (exact) mass is 403 g/mol. The molecule has 0 radical (unpaired) electrons. The minimum absolute atomic E-state index is 0.0926. The topological polar surface area (TPSA) is 72.3 Å². The molecule has 0 saturated carbocycles. The third kappa shape index (κ3) is 5.33. The summed E-state index contributed by atoms with van der Waals surface area (Å²) in [6.07, 6.45) is 2.04. The Morgan fingerprint density at radius 2 is 1.96 bits per heavy atom. The van der Waals surface area contributed by atoms with E-state index in [1.807, 2.05) is 0 Å². The highest BCUT2D eigenvalue weighted by Gasteiger charge is 2.19. The molecule has 0 atom stereocenters. The molecule has 1 aliphatic rings. The van der Waals surface area contributed by atoms with Gasteiger partial charge in [-0.05, 0) is 30.3 Å². The van der Waals surface area contributed by atoms with Crippen LogP contribution in [0, 0.1) is 11.3 Å². The first-order valence-corrected chi connectivity index (χ1v) is 9.39. The number of amides is 1. The van der Waals surface area contributed by atoms with Gasteiger partial charge >= 0.3 is 0 Å². The number of halogens is 2. The second-order valence-electron chi connectivity index (χ2n) is 6.27. The summed E-state index contributed by atoms with van der Waals surface area (Å²) in [5, 5.41) is 12.8. The van der Waals surface area contributed by atoms with Crippen LogP contribution in [0.15, 0.2) is 36.5 Å². The molecule has 1 aliphatic heterocycles. The van der Waals surface area contributed by atoms with E-state index in [9.17, 15) is 4.79 Å². The summed E-state index contributed by atoms with van der Waals surface area (Å²) in [6, 6.07) is 10.6. The zero-order valence-corrected chi connectivity index (χ0v) is 16.2. The van der Waals surface area contributed by atoms with E-state index in [1.54, 1.807) is 36.5 Å². The molecule has 0 bridgehead atoms. The Hall–Kier alpha value is -2.33. The van der Waals surface area contributed by atoms with E-state index in [4.69, 9.17) is 28.5 Å². The van der Waals surface area contributed by atoms with Crippen molar-refractivity contribution in [1.82, 2.24) is 9.88 Å². The van der Waals surface area contributed by atoms with Gasteiger partial charge in [0.15, 0.2) is 0 Å². The SMILES string of the molecule is N#Cc1ccnc(N2CCN(CCC(=O)Nc3cc(Cl)ccc3Cl)CC2)c1. The first-order chi connectivity index (χ1) is 13.0. The van der Waals surface area contributed by atoms with Gasteiger partial charge in [-0.1, -0.05) is 23.2 Å². The van der Waals surface area contributed by atoms with Crippen LogP contribution in [-0.4, -0.2) is 48.5 Å². The smallest absolute Gasteiger partial charge is 0.225 e. The molecule has 3 rings (SSSR count). The van der Waals surface area contributed by atoms with Crippen LogP contribution in [-0.2, 0) is 4.79 Å². The zero-order valence-electron chi connectivity index (χ0n) is 14.7. The van der Waals surface area contributed by atoms with Gasteiger partial charge in [-0.2, -0.15) is 5.26 Å². The fourth-order valence-electron chi connectivity index (χ4n) is 2.93. The number of hydrogen-bond acceptors (Lipinski definition) is 5. The van der Waals surface area contributed by atoms with Crippen molar-refractivity contribution in [3.05, 3.63) is 52.1 Å². The summed E-state index contributed by atoms with van der Waals surface area (Å²) in [6.45, 7) is 3.96. The summed E-state index contributed by atoms with van der Waals surface area (Å²) in [4.78, 5) is 20.9. The number of hydrogen-bond donors (Lipinski definition) is 1. The number of nitrogens with one attached hydrogen (secondary N) is 1. The van der Waals surface area contributed by atoms with Crippen molar-refractivity contribution in [1.29, 1.82) is 5.26 Å². The molecule has 140 valence electrons. The Labute approximate surface area is 168 Å². The molecule has 2 aromatic rings. The highest BCUT2D eigenvalue weighted by molar-refractivity contribution is 6.35. The third-order valence-electron chi connectivity index (χ3n) is 4.43. The van der Waals surface area contributed by atoms with Gasteiger partial charge in [0.2, 0.25) is 5.91 Å². The third-order valence-corrected chi connectivity index (χ3v) is 4.99. The Morgan fingerprint density at radius 1 is 1.19 bits per heavy atom. The van der Waals surface area contributed by atoms with Crippen molar-refractivity contribution < 1.29 is 4.79 Å². The summed E-state index contributed by atoms with van der Waals surface area (Å²) < 4.78 is 0. The molecule has 8 heteroatoms. The number of nitriles is 1. The molecule has 6 nitrogen and oxygen atoms in total. The largest absolute Gasteiger partial charge is 0.354 e. The molecule has 0 aliphatic carbocycles. The fourth-order valence-corrected chi connectivity index (χ4v) is 3.26. The Balaban J connectivity index is 1.46. The molecule has 1 N–H and O–H groups in total. The molecule has 1 fully saturated rings. The molecular formula is C19H19Cl2N5O. The van der Waals surface area contributed by atoms with E-state index < -0.39 is 0 Å². The van der Waals surface area contributed by atoms with Crippen LogP contribution in [0.2, 0.25) is 10.0 Å². The Morgan fingerprint density at radius 3 is 2.70 bits per heavy atom. The zero-order chi connectivity index (χ0) is 19.2. The van der Waals surface area contributed by atoms with Gasteiger partial charge in [-0.15, -0.1) is 0 Å². The molecule has 1 aromatic heterocycles. The average molecular weight is 404 g/mol. The van der Waals surface area contributed by atoms with Gasteiger partial charge in [0, 0.05) is 50.4 Å². The molecule has 1 aromatic carbocycles. The van der Waals surface area contributed by atoms with Gasteiger partial charge in [0.1, 0.15) is 5.82 Å². The summed E-state index contributed by atoms with van der Waals surface area (Å²) >= 11 is 12.0.